The molecule has 130 valence electrons. The van der Waals surface area contributed by atoms with E-state index in [1.54, 1.807) is 16.9 Å². The summed E-state index contributed by atoms with van der Waals surface area (Å²) >= 11 is 0. The van der Waals surface area contributed by atoms with E-state index in [2.05, 4.69) is 9.82 Å². The highest BCUT2D eigenvalue weighted by Crippen LogP contribution is 2.35. The van der Waals surface area contributed by atoms with Gasteiger partial charge in [-0.05, 0) is 32.1 Å². The van der Waals surface area contributed by atoms with Crippen molar-refractivity contribution in [2.45, 2.75) is 44.3 Å². The third-order valence-corrected chi connectivity index (χ3v) is 6.06. The molecule has 1 saturated carbocycles. The fourth-order valence-electron chi connectivity index (χ4n) is 2.87. The van der Waals surface area contributed by atoms with Crippen LogP contribution in [0.3, 0.4) is 0 Å². The maximum atomic E-state index is 12.6. The van der Waals surface area contributed by atoms with E-state index in [9.17, 15) is 21.6 Å². The zero-order valence-corrected chi connectivity index (χ0v) is 13.3. The van der Waals surface area contributed by atoms with Crippen LogP contribution in [0.4, 0.5) is 19.0 Å². The fraction of sp³-hybridized carbons (Fsp3) is 0.769. The van der Waals surface area contributed by atoms with E-state index in [1.807, 2.05) is 0 Å². The number of hydrogen-bond donors (Lipinski definition) is 1. The molecule has 2 heterocycles. The van der Waals surface area contributed by atoms with Crippen molar-refractivity contribution in [2.75, 3.05) is 17.8 Å². The number of nitrogens with one attached hydrogen (secondary N) is 1. The molecule has 1 N–H and O–H groups in total. The molecular formula is C13H19F3N4O2S. The predicted octanol–water partition coefficient (Wildman–Crippen LogP) is 2.54. The van der Waals surface area contributed by atoms with Crippen LogP contribution >= 0.6 is 0 Å². The van der Waals surface area contributed by atoms with Crippen molar-refractivity contribution in [3.05, 3.63) is 12.3 Å². The van der Waals surface area contributed by atoms with E-state index in [-0.39, 0.29) is 31.7 Å². The van der Waals surface area contributed by atoms with Crippen LogP contribution in [-0.2, 0) is 10.2 Å². The summed E-state index contributed by atoms with van der Waals surface area (Å²) in [6.45, 7) is -0.272. The molecule has 0 spiro atoms. The van der Waals surface area contributed by atoms with Gasteiger partial charge in [0.25, 0.3) is 0 Å². The molecule has 6 nitrogen and oxygen atoms in total. The minimum atomic E-state index is -4.26. The molecule has 1 saturated heterocycles. The summed E-state index contributed by atoms with van der Waals surface area (Å²) < 4.78 is 67.6. The van der Waals surface area contributed by atoms with Crippen LogP contribution in [0.1, 0.15) is 38.1 Å². The summed E-state index contributed by atoms with van der Waals surface area (Å²) in [5, 5.41) is 4.19. The molecular weight excluding hydrogens is 333 g/mol. The first-order chi connectivity index (χ1) is 10.8. The van der Waals surface area contributed by atoms with Crippen molar-refractivity contribution in [2.24, 2.45) is 5.92 Å². The minimum Gasteiger partial charge on any atom is -0.268 e. The number of hydrogen-bond acceptors (Lipinski definition) is 3. The number of piperidine rings is 1. The summed E-state index contributed by atoms with van der Waals surface area (Å²) in [7, 11) is -3.87. The number of alkyl halides is 3. The Hall–Kier alpha value is -1.29. The molecule has 1 aliphatic carbocycles. The van der Waals surface area contributed by atoms with Crippen molar-refractivity contribution in [3.8, 4) is 0 Å². The molecule has 10 heteroatoms. The lowest BCUT2D eigenvalue weighted by molar-refractivity contribution is -0.182. The molecule has 0 radical (unpaired) electrons. The highest BCUT2D eigenvalue weighted by Gasteiger charge is 2.42. The lowest BCUT2D eigenvalue weighted by Gasteiger charge is -2.31. The summed E-state index contributed by atoms with van der Waals surface area (Å²) in [5.41, 5.74) is 0. The van der Waals surface area contributed by atoms with Gasteiger partial charge in [-0.2, -0.15) is 31.0 Å². The third kappa shape index (κ3) is 3.63. The van der Waals surface area contributed by atoms with Crippen LogP contribution in [0.25, 0.3) is 0 Å². The van der Waals surface area contributed by atoms with Gasteiger partial charge in [0, 0.05) is 25.4 Å². The highest BCUT2D eigenvalue weighted by molar-refractivity contribution is 7.90. The predicted molar refractivity (Wildman–Crippen MR) is 78.0 cm³/mol. The molecule has 0 bridgehead atoms. The standard InChI is InChI=1S/C13H19F3N4O2S/c14-13(15,16)10-4-7-19(8-5-10)23(21,22)18-12-6-9-20(17-12)11-2-1-3-11/h6,9-11H,1-5,7-8H2,(H,17,18). The van der Waals surface area contributed by atoms with E-state index in [1.165, 1.54) is 0 Å². The van der Waals surface area contributed by atoms with Gasteiger partial charge in [0.15, 0.2) is 5.82 Å². The van der Waals surface area contributed by atoms with Crippen molar-refractivity contribution in [3.63, 3.8) is 0 Å². The Morgan fingerprint density at radius 3 is 2.35 bits per heavy atom. The van der Waals surface area contributed by atoms with Gasteiger partial charge in [-0.25, -0.2) is 0 Å². The monoisotopic (exact) mass is 352 g/mol. The molecule has 3 rings (SSSR count). The van der Waals surface area contributed by atoms with Gasteiger partial charge < -0.3 is 0 Å². The molecule has 0 aromatic carbocycles. The lowest BCUT2D eigenvalue weighted by Crippen LogP contribution is -2.44. The zero-order chi connectivity index (χ0) is 16.7. The second-order valence-corrected chi connectivity index (χ2v) is 7.76. The molecule has 2 fully saturated rings. The van der Waals surface area contributed by atoms with Crippen LogP contribution < -0.4 is 4.72 Å². The Labute approximate surface area is 132 Å². The van der Waals surface area contributed by atoms with Crippen LogP contribution in [0.2, 0.25) is 0 Å². The molecule has 1 aromatic rings. The molecule has 2 aliphatic rings. The number of aromatic nitrogens is 2. The average molecular weight is 352 g/mol. The quantitative estimate of drug-likeness (QED) is 0.905. The Balaban J connectivity index is 1.60. The van der Waals surface area contributed by atoms with Crippen LogP contribution in [0.5, 0.6) is 0 Å². The highest BCUT2D eigenvalue weighted by atomic mass is 32.2. The van der Waals surface area contributed by atoms with Gasteiger partial charge in [-0.15, -0.1) is 0 Å². The van der Waals surface area contributed by atoms with E-state index >= 15 is 0 Å². The normalized spacial score (nSPS) is 22.0. The molecule has 23 heavy (non-hydrogen) atoms. The first-order valence-corrected chi connectivity index (χ1v) is 9.09. The summed E-state index contributed by atoms with van der Waals surface area (Å²) in [5.74, 6) is -1.22. The van der Waals surface area contributed by atoms with Crippen molar-refractivity contribution in [1.29, 1.82) is 0 Å². The second kappa shape index (κ2) is 5.97. The van der Waals surface area contributed by atoms with Crippen LogP contribution in [0, 0.1) is 5.92 Å². The smallest absolute Gasteiger partial charge is 0.268 e. The van der Waals surface area contributed by atoms with Crippen molar-refractivity contribution < 1.29 is 21.6 Å². The van der Waals surface area contributed by atoms with Crippen LogP contribution in [-0.4, -0.2) is 41.8 Å². The molecule has 0 unspecified atom stereocenters. The zero-order valence-electron chi connectivity index (χ0n) is 12.5. The molecule has 0 amide bonds. The average Bonchev–Trinajstić information content (AvgIpc) is 2.83. The van der Waals surface area contributed by atoms with Crippen LogP contribution in [0.15, 0.2) is 12.3 Å². The Morgan fingerprint density at radius 1 is 1.17 bits per heavy atom. The number of rotatable bonds is 4. The van der Waals surface area contributed by atoms with E-state index in [0.717, 1.165) is 23.6 Å². The molecule has 0 atom stereocenters. The van der Waals surface area contributed by atoms with Gasteiger partial charge in [0.05, 0.1) is 12.0 Å². The van der Waals surface area contributed by atoms with E-state index in [4.69, 9.17) is 0 Å². The van der Waals surface area contributed by atoms with Gasteiger partial charge in [0.2, 0.25) is 0 Å². The third-order valence-electron chi connectivity index (χ3n) is 4.55. The van der Waals surface area contributed by atoms with Gasteiger partial charge in [0.1, 0.15) is 0 Å². The van der Waals surface area contributed by atoms with Crippen molar-refractivity contribution >= 4 is 16.0 Å². The maximum Gasteiger partial charge on any atom is 0.391 e. The van der Waals surface area contributed by atoms with Crippen molar-refractivity contribution in [1.82, 2.24) is 14.1 Å². The number of halogens is 3. The topological polar surface area (TPSA) is 67.2 Å². The first kappa shape index (κ1) is 16.6. The maximum absolute atomic E-state index is 12.6. The Bertz CT molecular complexity index is 646. The number of anilines is 1. The molecule has 1 aliphatic heterocycles. The number of nitrogens with zero attached hydrogens (tertiary/aromatic N) is 3. The van der Waals surface area contributed by atoms with Gasteiger partial charge >= 0.3 is 16.4 Å². The fourth-order valence-corrected chi connectivity index (χ4v) is 4.06. The Kier molecular flexibility index (Phi) is 4.30. The van der Waals surface area contributed by atoms with Gasteiger partial charge in [-0.3, -0.25) is 9.40 Å². The Morgan fingerprint density at radius 2 is 1.83 bits per heavy atom. The summed E-state index contributed by atoms with van der Waals surface area (Å²) in [6, 6.07) is 1.88. The second-order valence-electron chi connectivity index (χ2n) is 6.09. The SMILES string of the molecule is O=S(=O)(Nc1ccn(C2CCC2)n1)N1CCC(C(F)(F)F)CC1. The summed E-state index contributed by atoms with van der Waals surface area (Å²) in [4.78, 5) is 0. The lowest BCUT2D eigenvalue weighted by atomic mass is 9.93. The first-order valence-electron chi connectivity index (χ1n) is 7.65. The van der Waals surface area contributed by atoms with Gasteiger partial charge in [-0.1, -0.05) is 0 Å². The summed E-state index contributed by atoms with van der Waals surface area (Å²) in [6.07, 6.45) is 0.238. The largest absolute Gasteiger partial charge is 0.391 e. The minimum absolute atomic E-state index is 0.136. The molecule has 1 aromatic heterocycles. The van der Waals surface area contributed by atoms with E-state index < -0.39 is 22.3 Å². The van der Waals surface area contributed by atoms with E-state index in [0.29, 0.717) is 6.04 Å².